The van der Waals surface area contributed by atoms with Crippen LogP contribution in [0, 0.1) is 5.41 Å². The number of aliphatic carboxylic acids is 1. The average Bonchev–Trinajstić information content (AvgIpc) is 2.61. The van der Waals surface area contributed by atoms with Crippen LogP contribution in [-0.2, 0) is 21.4 Å². The number of nitrogens with one attached hydrogen (secondary N) is 2. The normalized spacial score (nSPS) is 12.0. The first-order valence-electron chi connectivity index (χ1n) is 8.27. The van der Waals surface area contributed by atoms with E-state index in [9.17, 15) is 23.1 Å². The van der Waals surface area contributed by atoms with E-state index in [0.29, 0.717) is 18.4 Å². The Balaban J connectivity index is 2.70. The zero-order valence-corrected chi connectivity index (χ0v) is 15.6. The topological polar surface area (TPSA) is 113 Å². The van der Waals surface area contributed by atoms with E-state index in [4.69, 9.17) is 0 Å². The van der Waals surface area contributed by atoms with Gasteiger partial charge in [-0.05, 0) is 37.5 Å². The van der Waals surface area contributed by atoms with Crippen molar-refractivity contribution < 1.29 is 23.1 Å². The van der Waals surface area contributed by atoms with E-state index >= 15 is 0 Å². The van der Waals surface area contributed by atoms with Gasteiger partial charge < -0.3 is 10.4 Å². The Morgan fingerprint density at radius 3 is 2.08 bits per heavy atom. The van der Waals surface area contributed by atoms with Crippen LogP contribution in [-0.4, -0.2) is 37.7 Å². The first-order valence-corrected chi connectivity index (χ1v) is 9.92. The maximum atomic E-state index is 12.2. The molecule has 0 heterocycles. The molecule has 0 unspecified atom stereocenters. The van der Waals surface area contributed by atoms with Crippen LogP contribution in [0.2, 0.25) is 0 Å². The fraction of sp³-hybridized carbons (Fsp3) is 0.529. The Labute approximate surface area is 148 Å². The summed E-state index contributed by atoms with van der Waals surface area (Å²) in [5, 5.41) is 12.1. The lowest BCUT2D eigenvalue weighted by Crippen LogP contribution is -2.42. The molecule has 0 fully saturated rings. The molecule has 0 saturated heterocycles. The Bertz CT molecular complexity index is 694. The summed E-state index contributed by atoms with van der Waals surface area (Å²) in [5.74, 6) is -1.27. The first kappa shape index (κ1) is 21.1. The maximum Gasteiger partial charge on any atom is 0.311 e. The van der Waals surface area contributed by atoms with Crippen molar-refractivity contribution in [1.29, 1.82) is 0 Å². The van der Waals surface area contributed by atoms with Gasteiger partial charge in [0, 0.05) is 18.7 Å². The molecule has 0 spiro atoms. The predicted molar refractivity (Wildman–Crippen MR) is 95.7 cm³/mol. The van der Waals surface area contributed by atoms with Crippen LogP contribution in [0.3, 0.4) is 0 Å². The number of benzene rings is 1. The highest BCUT2D eigenvalue weighted by atomic mass is 32.2. The molecule has 1 amide bonds. The Hall–Kier alpha value is -1.93. The molecule has 25 heavy (non-hydrogen) atoms. The fourth-order valence-electron chi connectivity index (χ4n) is 2.30. The van der Waals surface area contributed by atoms with E-state index in [1.807, 2.05) is 0 Å². The number of carboxylic acids is 1. The van der Waals surface area contributed by atoms with Crippen LogP contribution < -0.4 is 10.0 Å². The Morgan fingerprint density at radius 2 is 1.64 bits per heavy atom. The SMILES string of the molecule is CCC(CC)(CNC(=O)c1ccc(CNS(=O)(=O)CC)cc1)C(=O)O. The molecule has 0 radical (unpaired) electrons. The Morgan fingerprint density at radius 1 is 1.08 bits per heavy atom. The number of carbonyl (C=O) groups is 2. The molecule has 0 bridgehead atoms. The molecule has 1 aromatic carbocycles. The van der Waals surface area contributed by atoms with E-state index in [1.165, 1.54) is 0 Å². The largest absolute Gasteiger partial charge is 0.481 e. The molecule has 0 aliphatic rings. The zero-order chi connectivity index (χ0) is 19.1. The highest BCUT2D eigenvalue weighted by Gasteiger charge is 2.35. The number of hydrogen-bond acceptors (Lipinski definition) is 4. The molecule has 8 heteroatoms. The second-order valence-electron chi connectivity index (χ2n) is 5.90. The monoisotopic (exact) mass is 370 g/mol. The molecular weight excluding hydrogens is 344 g/mol. The van der Waals surface area contributed by atoms with Crippen molar-refractivity contribution in [2.45, 2.75) is 40.2 Å². The first-order chi connectivity index (χ1) is 11.7. The third-order valence-corrected chi connectivity index (χ3v) is 5.83. The summed E-state index contributed by atoms with van der Waals surface area (Å²) in [4.78, 5) is 23.7. The second kappa shape index (κ2) is 8.96. The minimum atomic E-state index is -3.27. The maximum absolute atomic E-state index is 12.2. The molecule has 0 atom stereocenters. The molecule has 0 aromatic heterocycles. The average molecular weight is 370 g/mol. The van der Waals surface area contributed by atoms with E-state index in [-0.39, 0.29) is 24.7 Å². The van der Waals surface area contributed by atoms with Gasteiger partial charge in [-0.25, -0.2) is 13.1 Å². The van der Waals surface area contributed by atoms with Crippen molar-refractivity contribution in [1.82, 2.24) is 10.0 Å². The smallest absolute Gasteiger partial charge is 0.311 e. The summed E-state index contributed by atoms with van der Waals surface area (Å²) in [6.07, 6.45) is 0.852. The van der Waals surface area contributed by atoms with Gasteiger partial charge in [0.25, 0.3) is 5.91 Å². The summed E-state index contributed by atoms with van der Waals surface area (Å²) in [7, 11) is -3.27. The molecule has 7 nitrogen and oxygen atoms in total. The number of carboxylic acid groups (broad SMARTS) is 1. The highest BCUT2D eigenvalue weighted by Crippen LogP contribution is 2.25. The zero-order valence-electron chi connectivity index (χ0n) is 14.8. The van der Waals surface area contributed by atoms with Crippen molar-refractivity contribution in [3.63, 3.8) is 0 Å². The minimum absolute atomic E-state index is 0.00761. The quantitative estimate of drug-likeness (QED) is 0.581. The summed E-state index contributed by atoms with van der Waals surface area (Å²) < 4.78 is 25.3. The standard InChI is InChI=1S/C17H26N2O5S/c1-4-17(5-2,16(21)22)12-18-15(20)14-9-7-13(8-10-14)11-19-25(23,24)6-3/h7-10,19H,4-6,11-12H2,1-3H3,(H,18,20)(H,21,22). The number of carbonyl (C=O) groups excluding carboxylic acids is 1. The van der Waals surface area contributed by atoms with Gasteiger partial charge in [0.1, 0.15) is 0 Å². The van der Waals surface area contributed by atoms with Gasteiger partial charge in [-0.2, -0.15) is 0 Å². The summed E-state index contributed by atoms with van der Waals surface area (Å²) >= 11 is 0. The van der Waals surface area contributed by atoms with Gasteiger partial charge in [0.05, 0.1) is 11.2 Å². The minimum Gasteiger partial charge on any atom is -0.481 e. The van der Waals surface area contributed by atoms with Crippen molar-refractivity contribution in [3.8, 4) is 0 Å². The van der Waals surface area contributed by atoms with Crippen molar-refractivity contribution in [2.24, 2.45) is 5.41 Å². The number of hydrogen-bond donors (Lipinski definition) is 3. The number of amides is 1. The molecule has 0 aliphatic carbocycles. The van der Waals surface area contributed by atoms with Crippen LogP contribution in [0.1, 0.15) is 49.5 Å². The van der Waals surface area contributed by atoms with Gasteiger partial charge in [0.15, 0.2) is 0 Å². The summed E-state index contributed by atoms with van der Waals surface area (Å²) in [6.45, 7) is 5.35. The third-order valence-electron chi connectivity index (χ3n) is 4.49. The molecule has 140 valence electrons. The van der Waals surface area contributed by atoms with Crippen molar-refractivity contribution >= 4 is 21.9 Å². The molecular formula is C17H26N2O5S. The van der Waals surface area contributed by atoms with Gasteiger partial charge in [-0.1, -0.05) is 26.0 Å². The predicted octanol–water partition coefficient (Wildman–Crippen LogP) is 1.75. The van der Waals surface area contributed by atoms with Crippen LogP contribution in [0.15, 0.2) is 24.3 Å². The van der Waals surface area contributed by atoms with E-state index in [0.717, 1.165) is 5.56 Å². The van der Waals surface area contributed by atoms with Crippen molar-refractivity contribution in [3.05, 3.63) is 35.4 Å². The van der Waals surface area contributed by atoms with Gasteiger partial charge in [0.2, 0.25) is 10.0 Å². The fourth-order valence-corrected chi connectivity index (χ4v) is 2.89. The van der Waals surface area contributed by atoms with E-state index in [2.05, 4.69) is 10.0 Å². The third kappa shape index (κ3) is 5.82. The molecule has 1 aromatic rings. The lowest BCUT2D eigenvalue weighted by atomic mass is 9.82. The van der Waals surface area contributed by atoms with E-state index < -0.39 is 21.4 Å². The molecule has 3 N–H and O–H groups in total. The lowest BCUT2D eigenvalue weighted by Gasteiger charge is -2.26. The van der Waals surface area contributed by atoms with Crippen LogP contribution in [0.5, 0.6) is 0 Å². The van der Waals surface area contributed by atoms with Crippen LogP contribution >= 0.6 is 0 Å². The summed E-state index contributed by atoms with van der Waals surface area (Å²) in [5.41, 5.74) is 0.165. The van der Waals surface area contributed by atoms with Crippen molar-refractivity contribution in [2.75, 3.05) is 12.3 Å². The lowest BCUT2D eigenvalue weighted by molar-refractivity contribution is -0.149. The molecule has 0 saturated carbocycles. The number of sulfonamides is 1. The van der Waals surface area contributed by atoms with E-state index in [1.54, 1.807) is 45.0 Å². The highest BCUT2D eigenvalue weighted by molar-refractivity contribution is 7.89. The molecule has 0 aliphatic heterocycles. The van der Waals surface area contributed by atoms with Gasteiger partial charge in [-0.3, -0.25) is 9.59 Å². The van der Waals surface area contributed by atoms with Crippen LogP contribution in [0.25, 0.3) is 0 Å². The van der Waals surface area contributed by atoms with Crippen LogP contribution in [0.4, 0.5) is 0 Å². The Kier molecular flexibility index (Phi) is 7.57. The molecule has 1 rings (SSSR count). The summed E-state index contributed by atoms with van der Waals surface area (Å²) in [6, 6.07) is 6.50. The second-order valence-corrected chi connectivity index (χ2v) is 7.99. The van der Waals surface area contributed by atoms with Gasteiger partial charge >= 0.3 is 5.97 Å². The van der Waals surface area contributed by atoms with Gasteiger partial charge in [-0.15, -0.1) is 0 Å². The number of rotatable bonds is 10.